The van der Waals surface area contributed by atoms with Crippen LogP contribution in [0.5, 0.6) is 0 Å². The molecule has 0 spiro atoms. The molecule has 0 saturated carbocycles. The largest absolute Gasteiger partial charge is 0.445 e. The molecule has 0 aliphatic carbocycles. The van der Waals surface area contributed by atoms with Crippen LogP contribution in [0.4, 0.5) is 9.18 Å². The lowest BCUT2D eigenvalue weighted by atomic mass is 9.94. The van der Waals surface area contributed by atoms with Crippen molar-refractivity contribution in [2.24, 2.45) is 0 Å². The normalized spacial score (nSPS) is 18.0. The topological polar surface area (TPSA) is 29.5 Å². The Kier molecular flexibility index (Phi) is 5.47. The van der Waals surface area contributed by atoms with Gasteiger partial charge in [0.05, 0.1) is 0 Å². The number of nitrogens with zero attached hydrogens (tertiary/aromatic N) is 1. The molecule has 4 heteroatoms. The minimum absolute atomic E-state index is 0.230. The molecule has 2 aromatic rings. The van der Waals surface area contributed by atoms with E-state index in [1.165, 1.54) is 12.1 Å². The van der Waals surface area contributed by atoms with Crippen LogP contribution in [0, 0.1) is 5.82 Å². The number of carbonyl (C=O) groups is 1. The van der Waals surface area contributed by atoms with E-state index in [4.69, 9.17) is 4.74 Å². The van der Waals surface area contributed by atoms with E-state index in [2.05, 4.69) is 0 Å². The van der Waals surface area contributed by atoms with E-state index in [0.29, 0.717) is 13.1 Å². The van der Waals surface area contributed by atoms with Crippen molar-refractivity contribution in [1.82, 2.24) is 4.90 Å². The van der Waals surface area contributed by atoms with Crippen LogP contribution in [0.1, 0.15) is 36.3 Å². The third-order valence-corrected chi connectivity index (χ3v) is 4.48. The first-order valence-electron chi connectivity index (χ1n) is 8.43. The number of amides is 1. The van der Waals surface area contributed by atoms with Crippen molar-refractivity contribution in [3.05, 3.63) is 71.5 Å². The van der Waals surface area contributed by atoms with E-state index in [1.54, 1.807) is 4.90 Å². The zero-order valence-electron chi connectivity index (χ0n) is 13.7. The molecule has 2 aromatic carbocycles. The lowest BCUT2D eigenvalue weighted by Gasteiger charge is -2.24. The number of rotatable bonds is 3. The van der Waals surface area contributed by atoms with Crippen LogP contribution in [-0.4, -0.2) is 24.1 Å². The Morgan fingerprint density at radius 2 is 1.83 bits per heavy atom. The smallest absolute Gasteiger partial charge is 0.410 e. The Morgan fingerprint density at radius 3 is 2.58 bits per heavy atom. The third-order valence-electron chi connectivity index (χ3n) is 4.48. The summed E-state index contributed by atoms with van der Waals surface area (Å²) in [7, 11) is 0. The second-order valence-corrected chi connectivity index (χ2v) is 6.23. The molecule has 1 fully saturated rings. The SMILES string of the molecule is O=C(OCc1ccccc1)N1CCCCC(c2ccc(F)cc2)C1. The number of halogens is 1. The van der Waals surface area contributed by atoms with Crippen LogP contribution in [0.15, 0.2) is 54.6 Å². The molecule has 1 amide bonds. The maximum Gasteiger partial charge on any atom is 0.410 e. The number of ether oxygens (including phenoxy) is 1. The molecule has 0 bridgehead atoms. The first-order valence-corrected chi connectivity index (χ1v) is 8.43. The van der Waals surface area contributed by atoms with E-state index in [-0.39, 0.29) is 24.4 Å². The highest BCUT2D eigenvalue weighted by atomic mass is 19.1. The van der Waals surface area contributed by atoms with Crippen LogP contribution in [0.25, 0.3) is 0 Å². The zero-order chi connectivity index (χ0) is 16.8. The van der Waals surface area contributed by atoms with Crippen molar-refractivity contribution >= 4 is 6.09 Å². The molecule has 1 atom stereocenters. The highest BCUT2D eigenvalue weighted by Crippen LogP contribution is 2.27. The van der Waals surface area contributed by atoms with Gasteiger partial charge in [-0.3, -0.25) is 0 Å². The summed E-state index contributed by atoms with van der Waals surface area (Å²) in [4.78, 5) is 14.2. The van der Waals surface area contributed by atoms with Crippen molar-refractivity contribution in [3.8, 4) is 0 Å². The first kappa shape index (κ1) is 16.5. The summed E-state index contributed by atoms with van der Waals surface area (Å²) >= 11 is 0. The second-order valence-electron chi connectivity index (χ2n) is 6.23. The summed E-state index contributed by atoms with van der Waals surface area (Å²) in [5.41, 5.74) is 2.06. The Balaban J connectivity index is 1.61. The summed E-state index contributed by atoms with van der Waals surface area (Å²) in [6.07, 6.45) is 2.77. The fourth-order valence-corrected chi connectivity index (χ4v) is 3.13. The van der Waals surface area contributed by atoms with Crippen molar-refractivity contribution in [2.45, 2.75) is 31.8 Å². The molecule has 1 aliphatic rings. The Labute approximate surface area is 142 Å². The van der Waals surface area contributed by atoms with Gasteiger partial charge in [-0.2, -0.15) is 0 Å². The minimum atomic E-state index is -0.270. The molecule has 126 valence electrons. The van der Waals surface area contributed by atoms with Gasteiger partial charge in [-0.05, 0) is 36.1 Å². The summed E-state index contributed by atoms with van der Waals surface area (Å²) in [5, 5.41) is 0. The van der Waals surface area contributed by atoms with Crippen molar-refractivity contribution in [2.75, 3.05) is 13.1 Å². The van der Waals surface area contributed by atoms with Crippen molar-refractivity contribution in [3.63, 3.8) is 0 Å². The Bertz CT molecular complexity index is 657. The van der Waals surface area contributed by atoms with Gasteiger partial charge >= 0.3 is 6.09 Å². The van der Waals surface area contributed by atoms with Gasteiger partial charge in [-0.1, -0.05) is 48.9 Å². The molecular weight excluding hydrogens is 305 g/mol. The number of likely N-dealkylation sites (tertiary alicyclic amines) is 1. The number of hydrogen-bond donors (Lipinski definition) is 0. The number of carbonyl (C=O) groups excluding carboxylic acids is 1. The molecule has 0 aromatic heterocycles. The number of benzene rings is 2. The van der Waals surface area contributed by atoms with Crippen LogP contribution >= 0.6 is 0 Å². The van der Waals surface area contributed by atoms with Gasteiger partial charge in [0.15, 0.2) is 0 Å². The molecule has 1 saturated heterocycles. The molecule has 3 rings (SSSR count). The second kappa shape index (κ2) is 7.95. The van der Waals surface area contributed by atoms with Gasteiger partial charge in [0.25, 0.3) is 0 Å². The van der Waals surface area contributed by atoms with Crippen LogP contribution in [0.2, 0.25) is 0 Å². The molecule has 1 heterocycles. The van der Waals surface area contributed by atoms with Gasteiger partial charge in [0.2, 0.25) is 0 Å². The average molecular weight is 327 g/mol. The molecule has 0 radical (unpaired) electrons. The predicted molar refractivity (Wildman–Crippen MR) is 91.2 cm³/mol. The van der Waals surface area contributed by atoms with Crippen molar-refractivity contribution < 1.29 is 13.9 Å². The Morgan fingerprint density at radius 1 is 1.08 bits per heavy atom. The fourth-order valence-electron chi connectivity index (χ4n) is 3.13. The van der Waals surface area contributed by atoms with Crippen LogP contribution in [0.3, 0.4) is 0 Å². The molecule has 1 unspecified atom stereocenters. The maximum absolute atomic E-state index is 13.1. The van der Waals surface area contributed by atoms with Crippen molar-refractivity contribution in [1.29, 1.82) is 0 Å². The van der Waals surface area contributed by atoms with Crippen LogP contribution in [-0.2, 0) is 11.3 Å². The van der Waals surface area contributed by atoms with E-state index < -0.39 is 0 Å². The quantitative estimate of drug-likeness (QED) is 0.815. The lowest BCUT2D eigenvalue weighted by molar-refractivity contribution is 0.0959. The minimum Gasteiger partial charge on any atom is -0.445 e. The fraction of sp³-hybridized carbons (Fsp3) is 0.350. The molecule has 3 nitrogen and oxygen atoms in total. The monoisotopic (exact) mass is 327 g/mol. The van der Waals surface area contributed by atoms with E-state index in [1.807, 2.05) is 42.5 Å². The first-order chi connectivity index (χ1) is 11.7. The van der Waals surface area contributed by atoms with Gasteiger partial charge in [-0.25, -0.2) is 9.18 Å². The van der Waals surface area contributed by atoms with E-state index >= 15 is 0 Å². The summed E-state index contributed by atoms with van der Waals surface area (Å²) < 4.78 is 18.6. The number of hydrogen-bond acceptors (Lipinski definition) is 2. The highest BCUT2D eigenvalue weighted by Gasteiger charge is 2.24. The van der Waals surface area contributed by atoms with Gasteiger partial charge in [0, 0.05) is 19.0 Å². The average Bonchev–Trinajstić information content (AvgIpc) is 2.87. The third kappa shape index (κ3) is 4.34. The maximum atomic E-state index is 13.1. The standard InChI is InChI=1S/C20H22FNO2/c21-19-11-9-17(10-12-19)18-8-4-5-13-22(14-18)20(23)24-15-16-6-2-1-3-7-16/h1-3,6-7,9-12,18H,4-5,8,13-15H2. The molecule has 1 aliphatic heterocycles. The zero-order valence-corrected chi connectivity index (χ0v) is 13.7. The molecule has 24 heavy (non-hydrogen) atoms. The lowest BCUT2D eigenvalue weighted by Crippen LogP contribution is -2.34. The summed E-state index contributed by atoms with van der Waals surface area (Å²) in [6.45, 7) is 1.63. The Hall–Kier alpha value is -2.36. The van der Waals surface area contributed by atoms with E-state index in [9.17, 15) is 9.18 Å². The van der Waals surface area contributed by atoms with Gasteiger partial charge in [-0.15, -0.1) is 0 Å². The van der Waals surface area contributed by atoms with Gasteiger partial charge < -0.3 is 9.64 Å². The highest BCUT2D eigenvalue weighted by molar-refractivity contribution is 5.67. The summed E-state index contributed by atoms with van der Waals surface area (Å²) in [6, 6.07) is 16.3. The van der Waals surface area contributed by atoms with Gasteiger partial charge in [0.1, 0.15) is 12.4 Å². The molecule has 0 N–H and O–H groups in total. The molecular formula is C20H22FNO2. The van der Waals surface area contributed by atoms with E-state index in [0.717, 1.165) is 30.4 Å². The van der Waals surface area contributed by atoms with Crippen LogP contribution < -0.4 is 0 Å². The predicted octanol–water partition coefficient (Wildman–Crippen LogP) is 4.73. The summed E-state index contributed by atoms with van der Waals surface area (Å²) in [5.74, 6) is 0.00359.